The van der Waals surface area contributed by atoms with Gasteiger partial charge in [-0.15, -0.1) is 0 Å². The molecule has 1 heterocycles. The molecule has 0 unspecified atom stereocenters. The Balaban J connectivity index is 1.60. The molecule has 3 rings (SSSR count). The molecule has 1 aliphatic rings. The van der Waals surface area contributed by atoms with Crippen molar-refractivity contribution in [1.29, 1.82) is 0 Å². The van der Waals surface area contributed by atoms with Gasteiger partial charge in [0.25, 0.3) is 11.1 Å². The highest BCUT2D eigenvalue weighted by atomic mass is 32.2. The van der Waals surface area contributed by atoms with Crippen LogP contribution < -0.4 is 10.1 Å². The number of rotatable bonds is 8. The topological polar surface area (TPSA) is 75.7 Å². The highest BCUT2D eigenvalue weighted by Crippen LogP contribution is 2.32. The molecule has 1 aliphatic heterocycles. The molecule has 6 nitrogen and oxygen atoms in total. The second-order valence-corrected chi connectivity index (χ2v) is 9.36. The maximum absolute atomic E-state index is 12.7. The van der Waals surface area contributed by atoms with Gasteiger partial charge in [-0.2, -0.15) is 0 Å². The first-order valence-corrected chi connectivity index (χ1v) is 11.4. The fourth-order valence-corrected chi connectivity index (χ4v) is 3.84. The van der Waals surface area contributed by atoms with Crippen LogP contribution in [-0.4, -0.2) is 35.1 Å². The average molecular weight is 453 g/mol. The van der Waals surface area contributed by atoms with E-state index in [2.05, 4.69) is 33.0 Å². The van der Waals surface area contributed by atoms with Gasteiger partial charge in [-0.3, -0.25) is 19.3 Å². The molecule has 1 N–H and O–H groups in total. The summed E-state index contributed by atoms with van der Waals surface area (Å²) in [5, 5.41) is 2.28. The van der Waals surface area contributed by atoms with E-state index in [1.165, 1.54) is 5.56 Å². The molecule has 168 valence electrons. The monoisotopic (exact) mass is 452 g/mol. The van der Waals surface area contributed by atoms with Crippen molar-refractivity contribution >= 4 is 40.6 Å². The fraction of sp³-hybridized carbons (Fsp3) is 0.320. The highest BCUT2D eigenvalue weighted by Gasteiger charge is 2.36. The summed E-state index contributed by atoms with van der Waals surface area (Å²) >= 11 is 0.836. The van der Waals surface area contributed by atoms with Crippen molar-refractivity contribution in [2.45, 2.75) is 33.6 Å². The average Bonchev–Trinajstić information content (AvgIpc) is 3.01. The number of carbonyl (C=O) groups excluding carboxylic acids is 3. The summed E-state index contributed by atoms with van der Waals surface area (Å²) in [6.07, 6.45) is 1.65. The molecule has 0 radical (unpaired) electrons. The lowest BCUT2D eigenvalue weighted by Crippen LogP contribution is -2.36. The predicted octanol–water partition coefficient (Wildman–Crippen LogP) is 5.52. The molecule has 1 saturated heterocycles. The number of ether oxygens (including phenoxy) is 1. The smallest absolute Gasteiger partial charge is 0.294 e. The minimum atomic E-state index is -0.467. The molecule has 3 amide bonds. The molecule has 0 saturated carbocycles. The van der Waals surface area contributed by atoms with E-state index in [1.54, 1.807) is 6.08 Å². The van der Waals surface area contributed by atoms with E-state index in [9.17, 15) is 14.4 Å². The van der Waals surface area contributed by atoms with Gasteiger partial charge < -0.3 is 10.1 Å². The lowest BCUT2D eigenvalue weighted by Gasteiger charge is -2.13. The van der Waals surface area contributed by atoms with E-state index >= 15 is 0 Å². The summed E-state index contributed by atoms with van der Waals surface area (Å²) in [6.45, 7) is 8.64. The number of nitrogens with one attached hydrogen (secondary N) is 1. The van der Waals surface area contributed by atoms with Crippen molar-refractivity contribution in [3.8, 4) is 5.75 Å². The van der Waals surface area contributed by atoms with Crippen LogP contribution >= 0.6 is 11.8 Å². The Hall–Kier alpha value is -3.06. The molecule has 2 aromatic carbocycles. The van der Waals surface area contributed by atoms with E-state index in [1.807, 2.05) is 48.5 Å². The summed E-state index contributed by atoms with van der Waals surface area (Å²) in [6, 6.07) is 14.8. The number of nitrogens with zero attached hydrogens (tertiary/aromatic N) is 1. The zero-order valence-corrected chi connectivity index (χ0v) is 19.6. The summed E-state index contributed by atoms with van der Waals surface area (Å²) in [5.74, 6) is 0.688. The summed E-state index contributed by atoms with van der Waals surface area (Å²) in [4.78, 5) is 38.7. The first-order valence-electron chi connectivity index (χ1n) is 10.6. The zero-order chi connectivity index (χ0) is 23.3. The molecule has 0 bridgehead atoms. The summed E-state index contributed by atoms with van der Waals surface area (Å²) < 4.78 is 5.66. The lowest BCUT2D eigenvalue weighted by atomic mass is 10.0. The van der Waals surface area contributed by atoms with Crippen LogP contribution in [0.3, 0.4) is 0 Å². The Morgan fingerprint density at radius 1 is 1.03 bits per heavy atom. The minimum Gasteiger partial charge on any atom is -0.493 e. The molecule has 32 heavy (non-hydrogen) atoms. The van der Waals surface area contributed by atoms with Crippen LogP contribution in [0.4, 0.5) is 10.5 Å². The Morgan fingerprint density at radius 3 is 2.28 bits per heavy atom. The van der Waals surface area contributed by atoms with Crippen LogP contribution in [0.2, 0.25) is 0 Å². The van der Waals surface area contributed by atoms with E-state index in [-0.39, 0.29) is 6.54 Å². The van der Waals surface area contributed by atoms with Crippen LogP contribution in [0.5, 0.6) is 5.75 Å². The van der Waals surface area contributed by atoms with Crippen LogP contribution in [0, 0.1) is 5.92 Å². The maximum atomic E-state index is 12.7. The Bertz CT molecular complexity index is 1010. The van der Waals surface area contributed by atoms with Gasteiger partial charge in [-0.1, -0.05) is 52.0 Å². The molecule has 0 aromatic heterocycles. The van der Waals surface area contributed by atoms with Crippen molar-refractivity contribution in [2.24, 2.45) is 5.92 Å². The molecule has 0 aliphatic carbocycles. The van der Waals surface area contributed by atoms with Gasteiger partial charge in [0.1, 0.15) is 12.3 Å². The lowest BCUT2D eigenvalue weighted by molar-refractivity contribution is -0.127. The highest BCUT2D eigenvalue weighted by molar-refractivity contribution is 8.18. The Morgan fingerprint density at radius 2 is 1.69 bits per heavy atom. The van der Waals surface area contributed by atoms with Gasteiger partial charge in [-0.25, -0.2) is 0 Å². The van der Waals surface area contributed by atoms with E-state index in [0.29, 0.717) is 29.0 Å². The maximum Gasteiger partial charge on any atom is 0.294 e. The van der Waals surface area contributed by atoms with Gasteiger partial charge in [0.2, 0.25) is 5.91 Å². The molecule has 0 spiro atoms. The number of anilines is 1. The predicted molar refractivity (Wildman–Crippen MR) is 129 cm³/mol. The van der Waals surface area contributed by atoms with Crippen molar-refractivity contribution in [2.75, 3.05) is 18.5 Å². The number of hydrogen-bond donors (Lipinski definition) is 1. The number of amides is 3. The Kier molecular flexibility index (Phi) is 7.75. The third kappa shape index (κ3) is 6.23. The van der Waals surface area contributed by atoms with Crippen molar-refractivity contribution < 1.29 is 19.1 Å². The SMILES string of the molecule is CC(C)COc1ccc(/C=C2\SC(=O)N(CC(=O)Nc3ccc(C(C)C)cc3)C2=O)cc1. The Labute approximate surface area is 193 Å². The van der Waals surface area contributed by atoms with Crippen LogP contribution in [-0.2, 0) is 9.59 Å². The largest absolute Gasteiger partial charge is 0.493 e. The molecular formula is C25H28N2O4S. The van der Waals surface area contributed by atoms with E-state index < -0.39 is 17.1 Å². The van der Waals surface area contributed by atoms with E-state index in [0.717, 1.165) is 28.0 Å². The first kappa shape index (κ1) is 23.6. The number of benzene rings is 2. The molecule has 2 aromatic rings. The van der Waals surface area contributed by atoms with Crippen molar-refractivity contribution in [1.82, 2.24) is 4.90 Å². The first-order chi connectivity index (χ1) is 15.2. The molecule has 1 fully saturated rings. The third-order valence-corrected chi connectivity index (χ3v) is 5.71. The second-order valence-electron chi connectivity index (χ2n) is 8.37. The van der Waals surface area contributed by atoms with Gasteiger partial charge in [0, 0.05) is 5.69 Å². The summed E-state index contributed by atoms with van der Waals surface area (Å²) in [5.41, 5.74) is 2.57. The number of carbonyl (C=O) groups is 3. The van der Waals surface area contributed by atoms with Crippen LogP contribution in [0.25, 0.3) is 6.08 Å². The molecule has 0 atom stereocenters. The zero-order valence-electron chi connectivity index (χ0n) is 18.8. The second kappa shape index (κ2) is 10.5. The van der Waals surface area contributed by atoms with Crippen LogP contribution in [0.1, 0.15) is 44.7 Å². The van der Waals surface area contributed by atoms with Gasteiger partial charge in [-0.05, 0) is 65.1 Å². The minimum absolute atomic E-state index is 0.292. The van der Waals surface area contributed by atoms with Crippen molar-refractivity contribution in [3.63, 3.8) is 0 Å². The molecule has 7 heteroatoms. The quantitative estimate of drug-likeness (QED) is 0.534. The van der Waals surface area contributed by atoms with E-state index in [4.69, 9.17) is 4.74 Å². The van der Waals surface area contributed by atoms with Gasteiger partial charge in [0.15, 0.2) is 0 Å². The third-order valence-electron chi connectivity index (χ3n) is 4.80. The standard InChI is InChI=1S/C25H28N2O4S/c1-16(2)15-31-21-11-5-18(6-12-21)13-22-24(29)27(25(30)32-22)14-23(28)26-20-9-7-19(8-10-20)17(3)4/h5-13,16-17H,14-15H2,1-4H3,(H,26,28)/b22-13-. The number of imide groups is 1. The summed E-state index contributed by atoms with van der Waals surface area (Å²) in [7, 11) is 0. The molecular weight excluding hydrogens is 424 g/mol. The number of thioether (sulfide) groups is 1. The normalized spacial score (nSPS) is 15.2. The van der Waals surface area contributed by atoms with Gasteiger partial charge >= 0.3 is 0 Å². The van der Waals surface area contributed by atoms with Gasteiger partial charge in [0.05, 0.1) is 11.5 Å². The fourth-order valence-electron chi connectivity index (χ4n) is 3.01. The number of hydrogen-bond acceptors (Lipinski definition) is 5. The van der Waals surface area contributed by atoms with Crippen LogP contribution in [0.15, 0.2) is 53.4 Å². The van der Waals surface area contributed by atoms with Crippen molar-refractivity contribution in [3.05, 3.63) is 64.6 Å².